The number of rotatable bonds is 1. The minimum absolute atomic E-state index is 0.0759. The van der Waals surface area contributed by atoms with Gasteiger partial charge in [-0.1, -0.05) is 11.8 Å². The Bertz CT molecular complexity index is 1030. The Kier molecular flexibility index (Phi) is 4.99. The standard InChI is InChI=1S/C23H24O5/c1-13-14(2)21-17(15(3)20(13)25)9-11-23(4,28-21)10-8-16-6-7-19(24)18(12-16)22(26)27-5/h6-7,12,24-25H,9,11H2,1-5H3. The Morgan fingerprint density at radius 1 is 1.18 bits per heavy atom. The third kappa shape index (κ3) is 3.38. The molecule has 1 atom stereocenters. The fourth-order valence-electron chi connectivity index (χ4n) is 3.43. The highest BCUT2D eigenvalue weighted by atomic mass is 16.5. The van der Waals surface area contributed by atoms with Crippen LogP contribution >= 0.6 is 0 Å². The molecular formula is C23H24O5. The summed E-state index contributed by atoms with van der Waals surface area (Å²) in [5.41, 5.74) is 3.58. The molecule has 0 radical (unpaired) electrons. The van der Waals surface area contributed by atoms with Gasteiger partial charge in [0.15, 0.2) is 5.60 Å². The predicted molar refractivity (Wildman–Crippen MR) is 106 cm³/mol. The lowest BCUT2D eigenvalue weighted by atomic mass is 9.87. The molecule has 2 aromatic rings. The summed E-state index contributed by atoms with van der Waals surface area (Å²) < 4.78 is 11.0. The highest BCUT2D eigenvalue weighted by molar-refractivity contribution is 5.92. The number of esters is 1. The lowest BCUT2D eigenvalue weighted by Crippen LogP contribution is -2.35. The molecule has 1 aliphatic heterocycles. The molecule has 146 valence electrons. The van der Waals surface area contributed by atoms with E-state index in [0.717, 1.165) is 34.4 Å². The number of fused-ring (bicyclic) bond motifs is 1. The second kappa shape index (κ2) is 7.12. The van der Waals surface area contributed by atoms with Gasteiger partial charge in [-0.15, -0.1) is 0 Å². The molecule has 3 rings (SSSR count). The summed E-state index contributed by atoms with van der Waals surface area (Å²) in [6.07, 6.45) is 1.43. The van der Waals surface area contributed by atoms with E-state index in [9.17, 15) is 15.0 Å². The Hall–Kier alpha value is -3.13. The summed E-state index contributed by atoms with van der Waals surface area (Å²) in [6.45, 7) is 7.66. The Morgan fingerprint density at radius 2 is 1.89 bits per heavy atom. The summed E-state index contributed by atoms with van der Waals surface area (Å²) in [4.78, 5) is 11.7. The second-order valence-corrected chi connectivity index (χ2v) is 7.34. The minimum Gasteiger partial charge on any atom is -0.507 e. The number of carbonyl (C=O) groups excluding carboxylic acids is 1. The first-order valence-corrected chi connectivity index (χ1v) is 9.12. The molecule has 2 N–H and O–H groups in total. The average Bonchev–Trinajstić information content (AvgIpc) is 2.69. The monoisotopic (exact) mass is 380 g/mol. The van der Waals surface area contributed by atoms with E-state index < -0.39 is 11.6 Å². The summed E-state index contributed by atoms with van der Waals surface area (Å²) in [5.74, 6) is 6.58. The molecular weight excluding hydrogens is 356 g/mol. The Morgan fingerprint density at radius 3 is 2.57 bits per heavy atom. The van der Waals surface area contributed by atoms with E-state index in [1.165, 1.54) is 19.2 Å². The van der Waals surface area contributed by atoms with Crippen molar-refractivity contribution >= 4 is 5.97 Å². The van der Waals surface area contributed by atoms with Crippen molar-refractivity contribution in [3.05, 3.63) is 51.6 Å². The van der Waals surface area contributed by atoms with E-state index in [2.05, 4.69) is 16.6 Å². The molecule has 0 aromatic heterocycles. The first kappa shape index (κ1) is 19.6. The topological polar surface area (TPSA) is 76.0 Å². The van der Waals surface area contributed by atoms with E-state index in [1.807, 2.05) is 27.7 Å². The molecule has 0 aliphatic carbocycles. The quantitative estimate of drug-likeness (QED) is 0.579. The molecule has 0 fully saturated rings. The van der Waals surface area contributed by atoms with Gasteiger partial charge in [-0.25, -0.2) is 4.79 Å². The van der Waals surface area contributed by atoms with Gasteiger partial charge >= 0.3 is 5.97 Å². The van der Waals surface area contributed by atoms with Gasteiger partial charge in [0.25, 0.3) is 0 Å². The minimum atomic E-state index is -0.697. The summed E-state index contributed by atoms with van der Waals surface area (Å²) >= 11 is 0. The van der Waals surface area contributed by atoms with Crippen LogP contribution in [0.5, 0.6) is 17.2 Å². The number of aromatic hydroxyl groups is 2. The zero-order valence-corrected chi connectivity index (χ0v) is 16.8. The third-order valence-corrected chi connectivity index (χ3v) is 5.39. The van der Waals surface area contributed by atoms with Gasteiger partial charge in [0.1, 0.15) is 22.8 Å². The van der Waals surface area contributed by atoms with Gasteiger partial charge in [0, 0.05) is 17.5 Å². The SMILES string of the molecule is COC(=O)c1cc(C#CC2(C)CCc3c(C)c(O)c(C)c(C)c3O2)ccc1O. The zero-order valence-electron chi connectivity index (χ0n) is 16.8. The summed E-state index contributed by atoms with van der Waals surface area (Å²) in [7, 11) is 1.26. The molecule has 1 heterocycles. The third-order valence-electron chi connectivity index (χ3n) is 5.39. The second-order valence-electron chi connectivity index (χ2n) is 7.34. The molecule has 5 nitrogen and oxygen atoms in total. The van der Waals surface area contributed by atoms with Crippen LogP contribution in [-0.4, -0.2) is 28.9 Å². The van der Waals surface area contributed by atoms with Crippen molar-refractivity contribution in [2.75, 3.05) is 7.11 Å². The van der Waals surface area contributed by atoms with Crippen molar-refractivity contribution in [3.63, 3.8) is 0 Å². The van der Waals surface area contributed by atoms with Crippen LogP contribution in [0.2, 0.25) is 0 Å². The first-order chi connectivity index (χ1) is 13.2. The molecule has 1 aliphatic rings. The Labute approximate surface area is 164 Å². The van der Waals surface area contributed by atoms with Crippen molar-refractivity contribution in [1.29, 1.82) is 0 Å². The highest BCUT2D eigenvalue weighted by Crippen LogP contribution is 2.43. The maximum Gasteiger partial charge on any atom is 0.341 e. The number of hydrogen-bond acceptors (Lipinski definition) is 5. The van der Waals surface area contributed by atoms with Crippen LogP contribution in [0.1, 0.15) is 51.5 Å². The van der Waals surface area contributed by atoms with E-state index in [0.29, 0.717) is 17.7 Å². The number of ether oxygens (including phenoxy) is 2. The Balaban J connectivity index is 1.95. The molecule has 28 heavy (non-hydrogen) atoms. The van der Waals surface area contributed by atoms with Crippen LogP contribution in [-0.2, 0) is 11.2 Å². The lowest BCUT2D eigenvalue weighted by Gasteiger charge is -2.34. The molecule has 0 saturated heterocycles. The van der Waals surface area contributed by atoms with Crippen LogP contribution < -0.4 is 4.74 Å². The highest BCUT2D eigenvalue weighted by Gasteiger charge is 2.33. The van der Waals surface area contributed by atoms with E-state index in [-0.39, 0.29) is 11.3 Å². The van der Waals surface area contributed by atoms with Crippen molar-refractivity contribution in [2.24, 2.45) is 0 Å². The van der Waals surface area contributed by atoms with Crippen LogP contribution in [0, 0.1) is 32.6 Å². The van der Waals surface area contributed by atoms with Crippen molar-refractivity contribution < 1.29 is 24.5 Å². The fraction of sp³-hybridized carbons (Fsp3) is 0.348. The molecule has 0 spiro atoms. The molecule has 0 bridgehead atoms. The number of methoxy groups -OCH3 is 1. The van der Waals surface area contributed by atoms with E-state index in [1.54, 1.807) is 6.07 Å². The predicted octanol–water partition coefficient (Wildman–Crippen LogP) is 3.95. The number of phenols is 2. The maximum absolute atomic E-state index is 11.7. The number of benzene rings is 2. The molecule has 5 heteroatoms. The van der Waals surface area contributed by atoms with Crippen LogP contribution in [0.3, 0.4) is 0 Å². The molecule has 1 unspecified atom stereocenters. The van der Waals surface area contributed by atoms with E-state index >= 15 is 0 Å². The van der Waals surface area contributed by atoms with Gasteiger partial charge in [-0.2, -0.15) is 0 Å². The van der Waals surface area contributed by atoms with Gasteiger partial charge in [-0.05, 0) is 69.0 Å². The molecule has 2 aromatic carbocycles. The lowest BCUT2D eigenvalue weighted by molar-refractivity contribution is 0.0597. The molecule has 0 amide bonds. The van der Waals surface area contributed by atoms with E-state index in [4.69, 9.17) is 4.74 Å². The number of hydrogen-bond donors (Lipinski definition) is 2. The van der Waals surface area contributed by atoms with Gasteiger partial charge in [0.05, 0.1) is 7.11 Å². The maximum atomic E-state index is 11.7. The number of carbonyl (C=O) groups is 1. The van der Waals surface area contributed by atoms with Gasteiger partial charge in [-0.3, -0.25) is 0 Å². The van der Waals surface area contributed by atoms with Crippen molar-refractivity contribution in [1.82, 2.24) is 0 Å². The van der Waals surface area contributed by atoms with Crippen LogP contribution in [0.25, 0.3) is 0 Å². The summed E-state index contributed by atoms with van der Waals surface area (Å²) in [5, 5.41) is 20.1. The zero-order chi connectivity index (χ0) is 20.6. The van der Waals surface area contributed by atoms with Crippen molar-refractivity contribution in [2.45, 2.75) is 46.1 Å². The largest absolute Gasteiger partial charge is 0.507 e. The number of phenolic OH excluding ortho intramolecular Hbond substituents is 2. The summed E-state index contributed by atoms with van der Waals surface area (Å²) in [6, 6.07) is 4.58. The average molecular weight is 380 g/mol. The molecule has 0 saturated carbocycles. The fourth-order valence-corrected chi connectivity index (χ4v) is 3.43. The first-order valence-electron chi connectivity index (χ1n) is 9.12. The van der Waals surface area contributed by atoms with Crippen LogP contribution in [0.4, 0.5) is 0 Å². The van der Waals surface area contributed by atoms with Gasteiger partial charge < -0.3 is 19.7 Å². The smallest absolute Gasteiger partial charge is 0.341 e. The van der Waals surface area contributed by atoms with Crippen LogP contribution in [0.15, 0.2) is 18.2 Å². The van der Waals surface area contributed by atoms with Crippen molar-refractivity contribution in [3.8, 4) is 29.1 Å². The van der Waals surface area contributed by atoms with Gasteiger partial charge in [0.2, 0.25) is 0 Å². The normalized spacial score (nSPS) is 17.8.